The highest BCUT2D eigenvalue weighted by atomic mass is 127. The summed E-state index contributed by atoms with van der Waals surface area (Å²) in [5.41, 5.74) is 0.939. The molecule has 1 aromatic carbocycles. The predicted octanol–water partition coefficient (Wildman–Crippen LogP) is 3.08. The maximum absolute atomic E-state index is 11.2. The van der Waals surface area contributed by atoms with Gasteiger partial charge in [-0.05, 0) is 50.8 Å². The average molecular weight is 332 g/mol. The van der Waals surface area contributed by atoms with Crippen molar-refractivity contribution in [3.63, 3.8) is 0 Å². The molecule has 0 saturated heterocycles. The number of hydrogen-bond acceptors (Lipinski definition) is 3. The van der Waals surface area contributed by atoms with Crippen LogP contribution in [0.2, 0.25) is 0 Å². The van der Waals surface area contributed by atoms with Crippen molar-refractivity contribution in [3.05, 3.63) is 39.5 Å². The minimum Gasteiger partial charge on any atom is -0.497 e. The van der Waals surface area contributed by atoms with E-state index in [1.54, 1.807) is 7.11 Å². The van der Waals surface area contributed by atoms with E-state index in [1.807, 2.05) is 31.2 Å². The first-order valence-electron chi connectivity index (χ1n) is 4.75. The molecule has 0 aliphatic heterocycles. The molecule has 1 aromatic rings. The summed E-state index contributed by atoms with van der Waals surface area (Å²) in [6.45, 7) is 2.12. The van der Waals surface area contributed by atoms with E-state index < -0.39 is 0 Å². The quantitative estimate of drug-likeness (QED) is 0.483. The van der Waals surface area contributed by atoms with E-state index in [9.17, 15) is 4.79 Å². The molecule has 1 rings (SSSR count). The summed E-state index contributed by atoms with van der Waals surface area (Å²) in [6.07, 6.45) is 1.46. The summed E-state index contributed by atoms with van der Waals surface area (Å²) >= 11 is 2.07. The number of esters is 1. The van der Waals surface area contributed by atoms with Crippen LogP contribution in [0.25, 0.3) is 0 Å². The second kappa shape index (κ2) is 6.52. The van der Waals surface area contributed by atoms with Crippen LogP contribution in [0.15, 0.2) is 33.9 Å². The highest BCUT2D eigenvalue weighted by molar-refractivity contribution is 14.1. The Hall–Kier alpha value is -1.04. The summed E-state index contributed by atoms with van der Waals surface area (Å²) < 4.78 is 11.0. The smallest absolute Gasteiger partial charge is 0.331 e. The summed E-state index contributed by atoms with van der Waals surface area (Å²) in [6, 6.07) is 7.41. The average Bonchev–Trinajstić information content (AvgIpc) is 2.26. The van der Waals surface area contributed by atoms with Crippen molar-refractivity contribution < 1.29 is 14.3 Å². The van der Waals surface area contributed by atoms with Gasteiger partial charge in [0.25, 0.3) is 0 Å². The van der Waals surface area contributed by atoms with Gasteiger partial charge in [0.1, 0.15) is 12.4 Å². The fraction of sp³-hybridized carbons (Fsp3) is 0.250. The van der Waals surface area contributed by atoms with Gasteiger partial charge >= 0.3 is 5.97 Å². The third-order valence-corrected chi connectivity index (χ3v) is 2.17. The first-order valence-corrected chi connectivity index (χ1v) is 5.83. The lowest BCUT2D eigenvalue weighted by Crippen LogP contribution is -2.01. The lowest BCUT2D eigenvalue weighted by atomic mass is 10.2. The van der Waals surface area contributed by atoms with E-state index in [1.165, 1.54) is 6.08 Å². The Labute approximate surface area is 109 Å². The van der Waals surface area contributed by atoms with Crippen LogP contribution < -0.4 is 4.74 Å². The minimum atomic E-state index is -0.317. The molecule has 0 heterocycles. The molecule has 16 heavy (non-hydrogen) atoms. The molecule has 0 saturated carbocycles. The molecule has 0 amide bonds. The standard InChI is InChI=1S/C12H13IO3/c1-9(13)7-12(14)16-8-10-3-5-11(15-2)6-4-10/h3-7H,8H2,1-2H3/b9-7-. The topological polar surface area (TPSA) is 35.5 Å². The van der Waals surface area contributed by atoms with Gasteiger partial charge in [-0.2, -0.15) is 0 Å². The Morgan fingerprint density at radius 3 is 2.50 bits per heavy atom. The number of methoxy groups -OCH3 is 1. The van der Waals surface area contributed by atoms with Gasteiger partial charge in [0.15, 0.2) is 0 Å². The number of carbonyl (C=O) groups excluding carboxylic acids is 1. The maximum atomic E-state index is 11.2. The van der Waals surface area contributed by atoms with Crippen LogP contribution in [0.1, 0.15) is 12.5 Å². The Bertz CT molecular complexity index is 378. The van der Waals surface area contributed by atoms with Gasteiger partial charge in [0.05, 0.1) is 7.11 Å². The molecule has 0 radical (unpaired) electrons. The van der Waals surface area contributed by atoms with E-state index in [0.29, 0.717) is 0 Å². The lowest BCUT2D eigenvalue weighted by Gasteiger charge is -2.04. The Balaban J connectivity index is 2.48. The SMILES string of the molecule is COc1ccc(COC(=O)/C=C(/C)I)cc1. The van der Waals surface area contributed by atoms with Crippen molar-refractivity contribution in [3.8, 4) is 5.75 Å². The van der Waals surface area contributed by atoms with Crippen LogP contribution in [0.3, 0.4) is 0 Å². The summed E-state index contributed by atoms with van der Waals surface area (Å²) in [5, 5.41) is 0. The van der Waals surface area contributed by atoms with Crippen LogP contribution in [0.5, 0.6) is 5.75 Å². The van der Waals surface area contributed by atoms with Crippen molar-refractivity contribution >= 4 is 28.6 Å². The number of allylic oxidation sites excluding steroid dienone is 1. The molecule has 0 aliphatic carbocycles. The second-order valence-electron chi connectivity index (χ2n) is 3.19. The van der Waals surface area contributed by atoms with Crippen LogP contribution in [0.4, 0.5) is 0 Å². The van der Waals surface area contributed by atoms with Gasteiger partial charge in [0.2, 0.25) is 0 Å². The zero-order chi connectivity index (χ0) is 12.0. The number of halogens is 1. The largest absolute Gasteiger partial charge is 0.497 e. The van der Waals surface area contributed by atoms with E-state index in [2.05, 4.69) is 22.6 Å². The second-order valence-corrected chi connectivity index (χ2v) is 4.89. The molecule has 0 aromatic heterocycles. The van der Waals surface area contributed by atoms with E-state index in [4.69, 9.17) is 9.47 Å². The highest BCUT2D eigenvalue weighted by Gasteiger charge is 2.00. The highest BCUT2D eigenvalue weighted by Crippen LogP contribution is 2.12. The number of hydrogen-bond donors (Lipinski definition) is 0. The Kier molecular flexibility index (Phi) is 5.31. The van der Waals surface area contributed by atoms with Crippen LogP contribution in [-0.4, -0.2) is 13.1 Å². The Morgan fingerprint density at radius 1 is 1.38 bits per heavy atom. The first-order chi connectivity index (χ1) is 7.61. The predicted molar refractivity (Wildman–Crippen MR) is 70.6 cm³/mol. The fourth-order valence-electron chi connectivity index (χ4n) is 1.08. The van der Waals surface area contributed by atoms with Crippen molar-refractivity contribution in [2.24, 2.45) is 0 Å². The van der Waals surface area contributed by atoms with Gasteiger partial charge in [0, 0.05) is 6.08 Å². The number of rotatable bonds is 4. The van der Waals surface area contributed by atoms with Gasteiger partial charge in [-0.25, -0.2) is 4.79 Å². The summed E-state index contributed by atoms with van der Waals surface area (Å²) in [7, 11) is 1.61. The zero-order valence-corrected chi connectivity index (χ0v) is 11.4. The van der Waals surface area contributed by atoms with Gasteiger partial charge < -0.3 is 9.47 Å². The van der Waals surface area contributed by atoms with E-state index >= 15 is 0 Å². The van der Waals surface area contributed by atoms with Crippen molar-refractivity contribution in [1.82, 2.24) is 0 Å². The maximum Gasteiger partial charge on any atom is 0.331 e. The summed E-state index contributed by atoms with van der Waals surface area (Å²) in [4.78, 5) is 11.2. The number of benzene rings is 1. The van der Waals surface area contributed by atoms with Crippen LogP contribution in [-0.2, 0) is 16.1 Å². The van der Waals surface area contributed by atoms with E-state index in [-0.39, 0.29) is 12.6 Å². The molecule has 4 heteroatoms. The molecule has 0 spiro atoms. The van der Waals surface area contributed by atoms with Crippen LogP contribution >= 0.6 is 22.6 Å². The number of ether oxygens (including phenoxy) is 2. The molecule has 0 atom stereocenters. The van der Waals surface area contributed by atoms with E-state index in [0.717, 1.165) is 14.9 Å². The zero-order valence-electron chi connectivity index (χ0n) is 9.20. The molecule has 3 nitrogen and oxygen atoms in total. The monoisotopic (exact) mass is 332 g/mol. The molecule has 0 aliphatic rings. The summed E-state index contributed by atoms with van der Waals surface area (Å²) in [5.74, 6) is 0.473. The third-order valence-electron chi connectivity index (χ3n) is 1.86. The molecule has 86 valence electrons. The molecule has 0 unspecified atom stereocenters. The normalized spacial score (nSPS) is 11.1. The van der Waals surface area contributed by atoms with Gasteiger partial charge in [-0.15, -0.1) is 0 Å². The van der Waals surface area contributed by atoms with Gasteiger partial charge in [-0.3, -0.25) is 0 Å². The molecule has 0 fully saturated rings. The Morgan fingerprint density at radius 2 is 2.00 bits per heavy atom. The minimum absolute atomic E-state index is 0.281. The fourth-order valence-corrected chi connectivity index (χ4v) is 1.33. The van der Waals surface area contributed by atoms with Gasteiger partial charge in [-0.1, -0.05) is 12.1 Å². The first kappa shape index (κ1) is 13.0. The molecular weight excluding hydrogens is 319 g/mol. The number of carbonyl (C=O) groups is 1. The lowest BCUT2D eigenvalue weighted by molar-refractivity contribution is -0.139. The molecule has 0 N–H and O–H groups in total. The molecular formula is C12H13IO3. The van der Waals surface area contributed by atoms with Crippen molar-refractivity contribution in [2.75, 3.05) is 7.11 Å². The van der Waals surface area contributed by atoms with Crippen molar-refractivity contribution in [2.45, 2.75) is 13.5 Å². The molecule has 0 bridgehead atoms. The van der Waals surface area contributed by atoms with Crippen molar-refractivity contribution in [1.29, 1.82) is 0 Å². The van der Waals surface area contributed by atoms with Crippen LogP contribution in [0, 0.1) is 0 Å². The third kappa shape index (κ3) is 4.65.